The molecule has 1 heterocycles. The second-order valence-electron chi connectivity index (χ2n) is 5.72. The molecule has 0 radical (unpaired) electrons. The Kier molecular flexibility index (Phi) is 5.57. The summed E-state index contributed by atoms with van der Waals surface area (Å²) in [6, 6.07) is 11.7. The van der Waals surface area contributed by atoms with Crippen LogP contribution in [-0.4, -0.2) is 16.8 Å². The molecule has 1 aromatic heterocycles. The zero-order chi connectivity index (χ0) is 15.2. The summed E-state index contributed by atoms with van der Waals surface area (Å²) in [5, 5.41) is 8.18. The highest BCUT2D eigenvalue weighted by atomic mass is 15.3. The van der Waals surface area contributed by atoms with E-state index in [1.165, 1.54) is 11.1 Å². The molecular weight excluding hydrogens is 258 g/mol. The van der Waals surface area contributed by atoms with Gasteiger partial charge in [-0.2, -0.15) is 5.10 Å². The monoisotopic (exact) mass is 285 g/mol. The maximum Gasteiger partial charge on any atom is 0.0643 e. The number of hydrogen-bond acceptors (Lipinski definition) is 2. The molecule has 0 spiro atoms. The predicted octanol–water partition coefficient (Wildman–Crippen LogP) is 4.06. The molecule has 2 aromatic rings. The topological polar surface area (TPSA) is 29.9 Å². The molecule has 21 heavy (non-hydrogen) atoms. The maximum absolute atomic E-state index is 4.76. The van der Waals surface area contributed by atoms with Gasteiger partial charge in [0.05, 0.1) is 11.7 Å². The largest absolute Gasteiger partial charge is 0.313 e. The van der Waals surface area contributed by atoms with E-state index in [2.05, 4.69) is 67.3 Å². The van der Waals surface area contributed by atoms with Crippen molar-refractivity contribution < 1.29 is 0 Å². The molecule has 0 saturated carbocycles. The minimum Gasteiger partial charge on any atom is -0.313 e. The van der Waals surface area contributed by atoms with Gasteiger partial charge < -0.3 is 5.32 Å². The zero-order valence-corrected chi connectivity index (χ0v) is 13.6. The van der Waals surface area contributed by atoms with Crippen molar-refractivity contribution >= 4 is 0 Å². The highest BCUT2D eigenvalue weighted by Gasteiger charge is 2.13. The molecule has 0 bridgehead atoms. The smallest absolute Gasteiger partial charge is 0.0643 e. The molecule has 0 fully saturated rings. The van der Waals surface area contributed by atoms with Crippen molar-refractivity contribution in [2.24, 2.45) is 0 Å². The first kappa shape index (κ1) is 15.8. The van der Waals surface area contributed by atoms with Crippen LogP contribution < -0.4 is 5.32 Å². The minimum absolute atomic E-state index is 0.315. The van der Waals surface area contributed by atoms with Gasteiger partial charge in [0.1, 0.15) is 0 Å². The predicted molar refractivity (Wildman–Crippen MR) is 88.5 cm³/mol. The molecule has 0 amide bonds. The number of aryl methyl sites for hydroxylation is 1. The molecule has 1 N–H and O–H groups in total. The lowest BCUT2D eigenvalue weighted by Crippen LogP contribution is -2.19. The number of rotatable bonds is 7. The van der Waals surface area contributed by atoms with Crippen LogP contribution in [0.4, 0.5) is 0 Å². The lowest BCUT2D eigenvalue weighted by Gasteiger charge is -2.16. The Labute approximate surface area is 128 Å². The molecule has 1 atom stereocenters. The standard InChI is InChI=1S/C18H27N3/c1-5-17(6-2)21-11-10-16(20-21)13-18(19-4)15-9-7-8-14(3)12-15/h7-12,17-19H,5-6,13H2,1-4H3. The number of hydrogen-bond donors (Lipinski definition) is 1. The highest BCUT2D eigenvalue weighted by Crippen LogP contribution is 2.20. The summed E-state index contributed by atoms with van der Waals surface area (Å²) >= 11 is 0. The first-order valence-corrected chi connectivity index (χ1v) is 7.95. The summed E-state index contributed by atoms with van der Waals surface area (Å²) in [4.78, 5) is 0. The normalized spacial score (nSPS) is 12.8. The molecule has 3 heteroatoms. The second kappa shape index (κ2) is 7.41. The SMILES string of the molecule is CCC(CC)n1ccc(CC(NC)c2cccc(C)c2)n1. The molecule has 0 saturated heterocycles. The average Bonchev–Trinajstić information content (AvgIpc) is 2.94. The summed E-state index contributed by atoms with van der Waals surface area (Å²) in [6.07, 6.45) is 5.30. The van der Waals surface area contributed by atoms with Gasteiger partial charge in [0.15, 0.2) is 0 Å². The third kappa shape index (κ3) is 3.94. The van der Waals surface area contributed by atoms with Gasteiger partial charge in [-0.1, -0.05) is 43.7 Å². The highest BCUT2D eigenvalue weighted by molar-refractivity contribution is 5.26. The van der Waals surface area contributed by atoms with E-state index in [1.807, 2.05) is 7.05 Å². The molecule has 0 aliphatic rings. The number of nitrogens with zero attached hydrogens (tertiary/aromatic N) is 2. The molecule has 114 valence electrons. The maximum atomic E-state index is 4.76. The zero-order valence-electron chi connectivity index (χ0n) is 13.6. The van der Waals surface area contributed by atoms with Crippen molar-refractivity contribution in [1.82, 2.24) is 15.1 Å². The first-order chi connectivity index (χ1) is 10.2. The van der Waals surface area contributed by atoms with E-state index in [-0.39, 0.29) is 0 Å². The van der Waals surface area contributed by atoms with Gasteiger partial charge in [-0.15, -0.1) is 0 Å². The number of likely N-dealkylation sites (N-methyl/N-ethyl adjacent to an activating group) is 1. The fourth-order valence-electron chi connectivity index (χ4n) is 2.83. The van der Waals surface area contributed by atoms with Gasteiger partial charge in [0.25, 0.3) is 0 Å². The van der Waals surface area contributed by atoms with Crippen LogP contribution in [0.1, 0.15) is 55.6 Å². The first-order valence-electron chi connectivity index (χ1n) is 7.95. The molecule has 1 unspecified atom stereocenters. The van der Waals surface area contributed by atoms with Gasteiger partial charge in [-0.25, -0.2) is 0 Å². The van der Waals surface area contributed by atoms with E-state index in [4.69, 9.17) is 5.10 Å². The van der Waals surface area contributed by atoms with Crippen LogP contribution in [-0.2, 0) is 6.42 Å². The number of nitrogens with one attached hydrogen (secondary N) is 1. The fraction of sp³-hybridized carbons (Fsp3) is 0.500. The number of benzene rings is 1. The van der Waals surface area contributed by atoms with Crippen LogP contribution in [0.15, 0.2) is 36.5 Å². The molecule has 0 aliphatic heterocycles. The Balaban J connectivity index is 2.12. The van der Waals surface area contributed by atoms with E-state index in [0.717, 1.165) is 25.0 Å². The minimum atomic E-state index is 0.315. The summed E-state index contributed by atoms with van der Waals surface area (Å²) < 4.78 is 2.12. The van der Waals surface area contributed by atoms with Gasteiger partial charge in [0, 0.05) is 18.7 Å². The van der Waals surface area contributed by atoms with Crippen LogP contribution >= 0.6 is 0 Å². The van der Waals surface area contributed by atoms with Crippen molar-refractivity contribution in [3.8, 4) is 0 Å². The van der Waals surface area contributed by atoms with Gasteiger partial charge in [-0.05, 0) is 38.4 Å². The van der Waals surface area contributed by atoms with E-state index in [9.17, 15) is 0 Å². The van der Waals surface area contributed by atoms with Crippen LogP contribution in [0, 0.1) is 6.92 Å². The lowest BCUT2D eigenvalue weighted by molar-refractivity contribution is 0.423. The Morgan fingerprint density at radius 1 is 1.19 bits per heavy atom. The van der Waals surface area contributed by atoms with Crippen LogP contribution in [0.2, 0.25) is 0 Å². The van der Waals surface area contributed by atoms with E-state index < -0.39 is 0 Å². The number of aromatic nitrogens is 2. The van der Waals surface area contributed by atoms with Crippen LogP contribution in [0.5, 0.6) is 0 Å². The fourth-order valence-corrected chi connectivity index (χ4v) is 2.83. The van der Waals surface area contributed by atoms with Gasteiger partial charge in [0.2, 0.25) is 0 Å². The van der Waals surface area contributed by atoms with E-state index in [0.29, 0.717) is 12.1 Å². The van der Waals surface area contributed by atoms with Crippen molar-refractivity contribution in [1.29, 1.82) is 0 Å². The van der Waals surface area contributed by atoms with Gasteiger partial charge in [-0.3, -0.25) is 4.68 Å². The van der Waals surface area contributed by atoms with E-state index in [1.54, 1.807) is 0 Å². The van der Waals surface area contributed by atoms with E-state index >= 15 is 0 Å². The Morgan fingerprint density at radius 2 is 1.95 bits per heavy atom. The summed E-state index contributed by atoms with van der Waals surface area (Å²) in [7, 11) is 2.02. The van der Waals surface area contributed by atoms with Crippen LogP contribution in [0.3, 0.4) is 0 Å². The Hall–Kier alpha value is -1.61. The van der Waals surface area contributed by atoms with Gasteiger partial charge >= 0.3 is 0 Å². The lowest BCUT2D eigenvalue weighted by atomic mass is 10.0. The van der Waals surface area contributed by atoms with Crippen LogP contribution in [0.25, 0.3) is 0 Å². The molecular formula is C18H27N3. The molecule has 1 aromatic carbocycles. The Bertz CT molecular complexity index is 555. The van der Waals surface area contributed by atoms with Crippen molar-refractivity contribution in [2.75, 3.05) is 7.05 Å². The summed E-state index contributed by atoms with van der Waals surface area (Å²) in [5.74, 6) is 0. The quantitative estimate of drug-likeness (QED) is 0.831. The average molecular weight is 285 g/mol. The third-order valence-electron chi connectivity index (χ3n) is 4.19. The summed E-state index contributed by atoms with van der Waals surface area (Å²) in [6.45, 7) is 6.58. The van der Waals surface area contributed by atoms with Crippen molar-refractivity contribution in [3.05, 3.63) is 53.3 Å². The molecule has 0 aliphatic carbocycles. The van der Waals surface area contributed by atoms with Crippen molar-refractivity contribution in [2.45, 2.75) is 52.1 Å². The Morgan fingerprint density at radius 3 is 2.57 bits per heavy atom. The second-order valence-corrected chi connectivity index (χ2v) is 5.72. The molecule has 2 rings (SSSR count). The molecule has 3 nitrogen and oxygen atoms in total. The third-order valence-corrected chi connectivity index (χ3v) is 4.19. The summed E-state index contributed by atoms with van der Waals surface area (Å²) in [5.41, 5.74) is 3.78. The van der Waals surface area contributed by atoms with Crippen molar-refractivity contribution in [3.63, 3.8) is 0 Å².